The zero-order valence-electron chi connectivity index (χ0n) is 14.2. The third kappa shape index (κ3) is 2.98. The van der Waals surface area contributed by atoms with Crippen LogP contribution >= 0.6 is 11.6 Å². The van der Waals surface area contributed by atoms with E-state index in [1.165, 1.54) is 0 Å². The van der Waals surface area contributed by atoms with E-state index >= 15 is 0 Å². The lowest BCUT2D eigenvalue weighted by Crippen LogP contribution is -2.29. The van der Waals surface area contributed by atoms with Crippen LogP contribution in [0.1, 0.15) is 23.6 Å². The van der Waals surface area contributed by atoms with E-state index in [2.05, 4.69) is 9.98 Å². The van der Waals surface area contributed by atoms with Gasteiger partial charge in [-0.1, -0.05) is 48.0 Å². The highest BCUT2D eigenvalue weighted by atomic mass is 35.5. The first-order valence-electron chi connectivity index (χ1n) is 8.64. The summed E-state index contributed by atoms with van der Waals surface area (Å²) in [6.07, 6.45) is 2.59. The van der Waals surface area contributed by atoms with Crippen LogP contribution in [-0.4, -0.2) is 0 Å². The van der Waals surface area contributed by atoms with Crippen molar-refractivity contribution in [3.05, 3.63) is 104 Å². The van der Waals surface area contributed by atoms with Gasteiger partial charge in [0.1, 0.15) is 0 Å². The number of fused-ring (bicyclic) bond motifs is 2. The molecule has 2 aliphatic heterocycles. The Morgan fingerprint density at radius 1 is 0.704 bits per heavy atom. The predicted octanol–water partition coefficient (Wildman–Crippen LogP) is 2.51. The Bertz CT molecular complexity index is 1270. The maximum absolute atomic E-state index is 6.55. The van der Waals surface area contributed by atoms with Crippen LogP contribution in [0.5, 0.6) is 0 Å². The third-order valence-corrected chi connectivity index (χ3v) is 4.94. The molecule has 3 aromatic rings. The number of nitrogens with zero attached hydrogens (tertiary/aromatic N) is 2. The molecule has 5 heteroatoms. The van der Waals surface area contributed by atoms with Crippen LogP contribution in [0.25, 0.3) is 12.5 Å². The lowest BCUT2D eigenvalue weighted by Gasteiger charge is -2.19. The number of benzene rings is 3. The van der Waals surface area contributed by atoms with Crippen molar-refractivity contribution in [3.8, 4) is 0 Å². The second-order valence-electron chi connectivity index (χ2n) is 6.37. The molecule has 0 amide bonds. The Morgan fingerprint density at radius 2 is 1.30 bits per heavy atom. The van der Waals surface area contributed by atoms with Gasteiger partial charge in [0.2, 0.25) is 12.5 Å². The molecule has 0 saturated carbocycles. The fraction of sp³-hybridized carbons (Fsp3) is 0.0909. The van der Waals surface area contributed by atoms with Gasteiger partial charge in [0, 0.05) is 26.6 Å². The number of halogens is 1. The Labute approximate surface area is 160 Å². The monoisotopic (exact) mass is 374 g/mol. The van der Waals surface area contributed by atoms with E-state index in [-0.39, 0.29) is 0 Å². The Balaban J connectivity index is 1.49. The van der Waals surface area contributed by atoms with Gasteiger partial charge in [-0.3, -0.25) is 0 Å². The largest absolute Gasteiger partial charge is 0.471 e. The van der Waals surface area contributed by atoms with Crippen molar-refractivity contribution in [1.29, 1.82) is 0 Å². The average Bonchev–Trinajstić information content (AvgIpc) is 2.73. The lowest BCUT2D eigenvalue weighted by molar-refractivity contribution is 0.178. The van der Waals surface area contributed by atoms with Crippen molar-refractivity contribution in [3.63, 3.8) is 0 Å². The molecule has 5 rings (SSSR count). The average molecular weight is 375 g/mol. The molecule has 0 aliphatic carbocycles. The SMILES string of the molecule is Clc1cc(C2N=c3ccccc3=CO2)ccc1C1N=c2ccccc2=CO1. The van der Waals surface area contributed by atoms with Crippen LogP contribution in [0.4, 0.5) is 0 Å². The smallest absolute Gasteiger partial charge is 0.216 e. The molecule has 2 aliphatic rings. The van der Waals surface area contributed by atoms with E-state index < -0.39 is 12.5 Å². The molecule has 2 heterocycles. The highest BCUT2D eigenvalue weighted by Crippen LogP contribution is 2.31. The molecule has 0 fully saturated rings. The van der Waals surface area contributed by atoms with E-state index in [1.54, 1.807) is 12.5 Å². The quantitative estimate of drug-likeness (QED) is 0.691. The molecule has 2 atom stereocenters. The molecule has 2 unspecified atom stereocenters. The van der Waals surface area contributed by atoms with Gasteiger partial charge in [0.15, 0.2) is 0 Å². The van der Waals surface area contributed by atoms with Crippen molar-refractivity contribution in [2.24, 2.45) is 9.98 Å². The molecule has 0 radical (unpaired) electrons. The summed E-state index contributed by atoms with van der Waals surface area (Å²) in [5.74, 6) is 0. The number of hydrogen-bond acceptors (Lipinski definition) is 4. The highest BCUT2D eigenvalue weighted by Gasteiger charge is 2.19. The summed E-state index contributed by atoms with van der Waals surface area (Å²) >= 11 is 6.55. The summed E-state index contributed by atoms with van der Waals surface area (Å²) in [6, 6.07) is 21.5. The highest BCUT2D eigenvalue weighted by molar-refractivity contribution is 6.31. The zero-order valence-corrected chi connectivity index (χ0v) is 15.0. The molecule has 0 spiro atoms. The van der Waals surface area contributed by atoms with Gasteiger partial charge in [-0.15, -0.1) is 0 Å². The van der Waals surface area contributed by atoms with Gasteiger partial charge in [-0.25, -0.2) is 9.98 Å². The minimum absolute atomic E-state index is 0.414. The van der Waals surface area contributed by atoms with Gasteiger partial charge in [-0.2, -0.15) is 0 Å². The molecule has 0 aromatic heterocycles. The molecular formula is C22H15ClN2O2. The van der Waals surface area contributed by atoms with Crippen molar-refractivity contribution in [1.82, 2.24) is 0 Å². The van der Waals surface area contributed by atoms with E-state index in [4.69, 9.17) is 21.1 Å². The van der Waals surface area contributed by atoms with Crippen molar-refractivity contribution >= 4 is 24.1 Å². The topological polar surface area (TPSA) is 43.2 Å². The zero-order chi connectivity index (χ0) is 18.2. The van der Waals surface area contributed by atoms with Crippen LogP contribution in [0, 0.1) is 0 Å². The maximum atomic E-state index is 6.55. The minimum Gasteiger partial charge on any atom is -0.471 e. The molecule has 27 heavy (non-hydrogen) atoms. The summed E-state index contributed by atoms with van der Waals surface area (Å²) in [4.78, 5) is 9.31. The van der Waals surface area contributed by atoms with Crippen LogP contribution in [0.2, 0.25) is 5.02 Å². The van der Waals surface area contributed by atoms with Crippen molar-refractivity contribution in [2.75, 3.05) is 0 Å². The number of para-hydroxylation sites is 2. The molecular weight excluding hydrogens is 360 g/mol. The summed E-state index contributed by atoms with van der Waals surface area (Å²) < 4.78 is 11.5. The predicted molar refractivity (Wildman–Crippen MR) is 102 cm³/mol. The van der Waals surface area contributed by atoms with Crippen LogP contribution in [0.15, 0.2) is 76.7 Å². The minimum atomic E-state index is -0.460. The summed E-state index contributed by atoms with van der Waals surface area (Å²) in [5.41, 5.74) is 1.70. The fourth-order valence-electron chi connectivity index (χ4n) is 3.19. The van der Waals surface area contributed by atoms with Gasteiger partial charge in [0.25, 0.3) is 0 Å². The number of rotatable bonds is 2. The van der Waals surface area contributed by atoms with E-state index in [9.17, 15) is 0 Å². The first kappa shape index (κ1) is 16.1. The second-order valence-corrected chi connectivity index (χ2v) is 6.78. The molecule has 4 nitrogen and oxygen atoms in total. The molecule has 0 saturated heterocycles. The number of ether oxygens (including phenoxy) is 2. The van der Waals surface area contributed by atoms with Crippen LogP contribution in [0.3, 0.4) is 0 Å². The van der Waals surface area contributed by atoms with Gasteiger partial charge in [-0.05, 0) is 30.3 Å². The maximum Gasteiger partial charge on any atom is 0.216 e. The van der Waals surface area contributed by atoms with Crippen LogP contribution < -0.4 is 21.2 Å². The third-order valence-electron chi connectivity index (χ3n) is 4.61. The van der Waals surface area contributed by atoms with E-state index in [0.29, 0.717) is 5.02 Å². The normalized spacial score (nSPS) is 19.6. The fourth-order valence-corrected chi connectivity index (χ4v) is 3.47. The summed E-state index contributed by atoms with van der Waals surface area (Å²) in [7, 11) is 0. The Morgan fingerprint density at radius 3 is 1.96 bits per heavy atom. The molecule has 0 bridgehead atoms. The van der Waals surface area contributed by atoms with E-state index in [0.717, 1.165) is 32.3 Å². The van der Waals surface area contributed by atoms with Gasteiger partial charge < -0.3 is 9.47 Å². The summed E-state index contributed by atoms with van der Waals surface area (Å²) in [5, 5.41) is 4.31. The van der Waals surface area contributed by atoms with Crippen molar-refractivity contribution < 1.29 is 9.47 Å². The van der Waals surface area contributed by atoms with Gasteiger partial charge in [0.05, 0.1) is 23.2 Å². The summed E-state index contributed by atoms with van der Waals surface area (Å²) in [6.45, 7) is 0. The van der Waals surface area contributed by atoms with E-state index in [1.807, 2.05) is 66.7 Å². The van der Waals surface area contributed by atoms with Crippen molar-refractivity contribution in [2.45, 2.75) is 12.5 Å². The Hall–Kier alpha value is -3.11. The lowest BCUT2D eigenvalue weighted by atomic mass is 10.1. The Kier molecular flexibility index (Phi) is 3.91. The number of hydrogen-bond donors (Lipinski definition) is 0. The van der Waals surface area contributed by atoms with Crippen LogP contribution in [-0.2, 0) is 9.47 Å². The van der Waals surface area contributed by atoms with Gasteiger partial charge >= 0.3 is 0 Å². The molecule has 0 N–H and O–H groups in total. The molecule has 3 aromatic carbocycles. The molecule has 132 valence electrons. The first-order valence-corrected chi connectivity index (χ1v) is 9.02. The first-order chi connectivity index (χ1) is 13.3. The standard InChI is InChI=1S/C22H15ClN2O2/c23-18-11-14(21-24-19-7-3-1-5-15(19)12-26-21)9-10-17(18)22-25-20-8-4-2-6-16(20)13-27-22/h1-13,21-22H. The second kappa shape index (κ2) is 6.56.